The van der Waals surface area contributed by atoms with Gasteiger partial charge in [0, 0.05) is 30.1 Å². The fraction of sp³-hybridized carbons (Fsp3) is 0.240. The van der Waals surface area contributed by atoms with Crippen LogP contribution in [0.4, 0.5) is 5.69 Å². The molecule has 1 amide bonds. The van der Waals surface area contributed by atoms with Crippen LogP contribution in [0.25, 0.3) is 11.5 Å². The Kier molecular flexibility index (Phi) is 6.15. The fourth-order valence-electron chi connectivity index (χ4n) is 4.03. The largest absolute Gasteiger partial charge is 0.493 e. The lowest BCUT2D eigenvalue weighted by Crippen LogP contribution is -2.28. The van der Waals surface area contributed by atoms with E-state index in [1.165, 1.54) is 6.33 Å². The van der Waals surface area contributed by atoms with Crippen molar-refractivity contribution in [2.75, 3.05) is 11.9 Å². The van der Waals surface area contributed by atoms with Crippen LogP contribution in [-0.4, -0.2) is 37.2 Å². The van der Waals surface area contributed by atoms with Gasteiger partial charge in [-0.15, -0.1) is 10.2 Å². The summed E-state index contributed by atoms with van der Waals surface area (Å²) >= 11 is 0. The number of rotatable bonds is 6. The van der Waals surface area contributed by atoms with Crippen molar-refractivity contribution in [1.82, 2.24) is 30.0 Å². The van der Waals surface area contributed by atoms with Gasteiger partial charge in [0.05, 0.1) is 19.2 Å². The Morgan fingerprint density at radius 3 is 2.94 bits per heavy atom. The number of carbonyl (C=O) groups excluding carboxylic acids is 1. The van der Waals surface area contributed by atoms with Gasteiger partial charge in [0.1, 0.15) is 17.8 Å². The van der Waals surface area contributed by atoms with Gasteiger partial charge in [0.2, 0.25) is 0 Å². The van der Waals surface area contributed by atoms with Gasteiger partial charge >= 0.3 is 0 Å². The van der Waals surface area contributed by atoms with E-state index in [-0.39, 0.29) is 11.9 Å². The molecule has 0 fully saturated rings. The number of para-hydroxylation sites is 1. The van der Waals surface area contributed by atoms with Gasteiger partial charge < -0.3 is 19.9 Å². The number of hydrogen-bond acceptors (Lipinski definition) is 7. The number of nitrogens with one attached hydrogen (secondary N) is 2. The highest BCUT2D eigenvalue weighted by atomic mass is 16.5. The average Bonchev–Trinajstić information content (AvgIpc) is 3.12. The van der Waals surface area contributed by atoms with Crippen molar-refractivity contribution in [3.8, 4) is 17.3 Å². The Morgan fingerprint density at radius 2 is 2.06 bits per heavy atom. The minimum absolute atomic E-state index is 0.0818. The molecular weight excluding hydrogens is 430 g/mol. The Labute approximate surface area is 197 Å². The predicted molar refractivity (Wildman–Crippen MR) is 127 cm³/mol. The molecule has 0 bridgehead atoms. The summed E-state index contributed by atoms with van der Waals surface area (Å²) < 4.78 is 7.70. The van der Waals surface area contributed by atoms with Gasteiger partial charge in [-0.05, 0) is 43.2 Å². The first-order valence-electron chi connectivity index (χ1n) is 11.2. The lowest BCUT2D eigenvalue weighted by Gasteiger charge is -2.18. The zero-order valence-corrected chi connectivity index (χ0v) is 18.8. The Hall–Kier alpha value is -4.27. The molecule has 0 aliphatic carbocycles. The molecule has 0 spiro atoms. The molecule has 34 heavy (non-hydrogen) atoms. The lowest BCUT2D eigenvalue weighted by molar-refractivity contribution is 0.0934. The molecule has 0 saturated carbocycles. The predicted octanol–water partition coefficient (Wildman–Crippen LogP) is 3.53. The van der Waals surface area contributed by atoms with E-state index in [1.54, 1.807) is 12.3 Å². The zero-order chi connectivity index (χ0) is 23.3. The highest BCUT2D eigenvalue weighted by Gasteiger charge is 2.22. The van der Waals surface area contributed by atoms with Crippen molar-refractivity contribution in [3.63, 3.8) is 0 Å². The number of nitrogens with zero attached hydrogens (tertiary/aromatic N) is 5. The summed E-state index contributed by atoms with van der Waals surface area (Å²) in [5, 5.41) is 15.0. The van der Waals surface area contributed by atoms with Crippen molar-refractivity contribution in [2.24, 2.45) is 7.05 Å². The van der Waals surface area contributed by atoms with Crippen LogP contribution in [0.1, 0.15) is 40.6 Å². The molecule has 0 saturated heterocycles. The second-order valence-electron chi connectivity index (χ2n) is 8.08. The average molecular weight is 456 g/mol. The van der Waals surface area contributed by atoms with Gasteiger partial charge in [-0.2, -0.15) is 0 Å². The first kappa shape index (κ1) is 21.6. The number of fused-ring (bicyclic) bond motifs is 1. The van der Waals surface area contributed by atoms with Crippen LogP contribution in [-0.2, 0) is 13.6 Å². The Morgan fingerprint density at radius 1 is 1.15 bits per heavy atom. The molecular formula is C25H25N7O2. The highest BCUT2D eigenvalue weighted by Crippen LogP contribution is 2.31. The molecule has 172 valence electrons. The molecule has 1 aliphatic heterocycles. The summed E-state index contributed by atoms with van der Waals surface area (Å²) in [6.07, 6.45) is 4.88. The van der Waals surface area contributed by atoms with E-state index < -0.39 is 0 Å². The second kappa shape index (κ2) is 9.70. The summed E-state index contributed by atoms with van der Waals surface area (Å²) in [5.74, 6) is 2.14. The molecule has 3 heterocycles. The van der Waals surface area contributed by atoms with Crippen molar-refractivity contribution in [2.45, 2.75) is 25.4 Å². The summed E-state index contributed by atoms with van der Waals surface area (Å²) in [4.78, 5) is 21.2. The second-order valence-corrected chi connectivity index (χ2v) is 8.08. The third-order valence-corrected chi connectivity index (χ3v) is 5.85. The minimum atomic E-state index is -0.116. The maximum atomic E-state index is 13.1. The number of amides is 1. The standard InChI is InChI=1S/C25H25N7O2/c1-32-23(30-31-24(32)21-11-12-26-16-28-21)15-27-18-7-4-6-17(14-18)25(33)29-20-9-5-13-34-22-10-3-2-8-19(20)22/h2-4,6-8,10-12,14,16,20,27H,5,9,13,15H2,1H3,(H,29,33). The minimum Gasteiger partial charge on any atom is -0.493 e. The Bertz CT molecular complexity index is 1290. The number of hydrogen-bond donors (Lipinski definition) is 2. The monoisotopic (exact) mass is 455 g/mol. The lowest BCUT2D eigenvalue weighted by atomic mass is 10.0. The van der Waals surface area contributed by atoms with Crippen LogP contribution >= 0.6 is 0 Å². The van der Waals surface area contributed by atoms with E-state index in [4.69, 9.17) is 4.74 Å². The molecule has 0 radical (unpaired) electrons. The van der Waals surface area contributed by atoms with Gasteiger partial charge in [0.15, 0.2) is 11.6 Å². The zero-order valence-electron chi connectivity index (χ0n) is 18.8. The SMILES string of the molecule is Cn1c(CNc2cccc(C(=O)NC3CCCOc4ccccc43)c2)nnc1-c1ccncn1. The number of anilines is 1. The molecule has 1 aliphatic rings. The van der Waals surface area contributed by atoms with Crippen molar-refractivity contribution in [3.05, 3.63) is 84.1 Å². The van der Waals surface area contributed by atoms with Crippen LogP contribution in [0.5, 0.6) is 5.75 Å². The Balaban J connectivity index is 1.26. The van der Waals surface area contributed by atoms with Gasteiger partial charge in [-0.25, -0.2) is 9.97 Å². The van der Waals surface area contributed by atoms with Crippen molar-refractivity contribution < 1.29 is 9.53 Å². The third kappa shape index (κ3) is 4.59. The molecule has 1 unspecified atom stereocenters. The molecule has 9 nitrogen and oxygen atoms in total. The van der Waals surface area contributed by atoms with E-state index in [1.807, 2.05) is 60.1 Å². The highest BCUT2D eigenvalue weighted by molar-refractivity contribution is 5.95. The molecule has 1 atom stereocenters. The van der Waals surface area contributed by atoms with Gasteiger partial charge in [0.25, 0.3) is 5.91 Å². The summed E-state index contributed by atoms with van der Waals surface area (Å²) in [6.45, 7) is 1.11. The smallest absolute Gasteiger partial charge is 0.251 e. The quantitative estimate of drug-likeness (QED) is 0.458. The van der Waals surface area contributed by atoms with Gasteiger partial charge in [-0.3, -0.25) is 4.79 Å². The van der Waals surface area contributed by atoms with Crippen LogP contribution in [0.2, 0.25) is 0 Å². The number of ether oxygens (including phenoxy) is 1. The van der Waals surface area contributed by atoms with E-state index in [9.17, 15) is 4.79 Å². The summed E-state index contributed by atoms with van der Waals surface area (Å²) in [6, 6.07) is 17.0. The maximum Gasteiger partial charge on any atom is 0.251 e. The first-order valence-corrected chi connectivity index (χ1v) is 11.2. The van der Waals surface area contributed by atoms with Crippen LogP contribution in [0, 0.1) is 0 Å². The van der Waals surface area contributed by atoms with Crippen LogP contribution in [0.15, 0.2) is 67.1 Å². The number of carbonyl (C=O) groups is 1. The molecule has 5 rings (SSSR count). The molecule has 9 heteroatoms. The number of benzene rings is 2. The van der Waals surface area contributed by atoms with E-state index in [2.05, 4.69) is 30.8 Å². The first-order chi connectivity index (χ1) is 16.7. The number of aromatic nitrogens is 5. The van der Waals surface area contributed by atoms with Crippen LogP contribution < -0.4 is 15.4 Å². The third-order valence-electron chi connectivity index (χ3n) is 5.85. The topological polar surface area (TPSA) is 107 Å². The van der Waals surface area contributed by atoms with Gasteiger partial charge in [-0.1, -0.05) is 24.3 Å². The van der Waals surface area contributed by atoms with Crippen LogP contribution in [0.3, 0.4) is 0 Å². The van der Waals surface area contributed by atoms with E-state index in [0.29, 0.717) is 30.2 Å². The normalized spacial score (nSPS) is 15.0. The van der Waals surface area contributed by atoms with Crippen molar-refractivity contribution in [1.29, 1.82) is 0 Å². The molecule has 2 N–H and O–H groups in total. The summed E-state index contributed by atoms with van der Waals surface area (Å²) in [7, 11) is 1.90. The molecule has 4 aromatic rings. The van der Waals surface area contributed by atoms with E-state index >= 15 is 0 Å². The molecule has 2 aromatic heterocycles. The summed E-state index contributed by atoms with van der Waals surface area (Å²) in [5.41, 5.74) is 3.14. The fourth-order valence-corrected chi connectivity index (χ4v) is 4.03. The maximum absolute atomic E-state index is 13.1. The van der Waals surface area contributed by atoms with Crippen molar-refractivity contribution >= 4 is 11.6 Å². The molecule has 2 aromatic carbocycles. The van der Waals surface area contributed by atoms with E-state index in [0.717, 1.165) is 35.7 Å².